The zero-order valence-corrected chi connectivity index (χ0v) is 17.1. The highest BCUT2D eigenvalue weighted by Gasteiger charge is 2.68. The van der Waals surface area contributed by atoms with Crippen LogP contribution >= 0.6 is 0 Å². The molecule has 0 aromatic rings. The number of rotatable bonds is 1. The topological polar surface area (TPSA) is 54.0 Å². The molecule has 0 aromatic carbocycles. The van der Waals surface area contributed by atoms with Crippen molar-refractivity contribution in [3.63, 3.8) is 0 Å². The van der Waals surface area contributed by atoms with Gasteiger partial charge >= 0.3 is 0 Å². The van der Waals surface area contributed by atoms with Crippen LogP contribution in [0.25, 0.3) is 0 Å². The Kier molecular flexibility index (Phi) is 3.94. The number of carbonyl (C=O) groups is 1. The maximum absolute atomic E-state index is 12.7. The van der Waals surface area contributed by atoms with Gasteiger partial charge in [-0.2, -0.15) is 0 Å². The van der Waals surface area contributed by atoms with E-state index in [1.807, 2.05) is 0 Å². The first-order valence-electron chi connectivity index (χ1n) is 11.6. The molecule has 2 spiro atoms. The molecule has 28 heavy (non-hydrogen) atoms. The van der Waals surface area contributed by atoms with E-state index in [2.05, 4.69) is 6.92 Å². The van der Waals surface area contributed by atoms with Gasteiger partial charge in [-0.3, -0.25) is 0 Å². The van der Waals surface area contributed by atoms with E-state index in [1.54, 1.807) is 0 Å². The van der Waals surface area contributed by atoms with Crippen molar-refractivity contribution in [1.29, 1.82) is 0 Å². The third kappa shape index (κ3) is 2.15. The van der Waals surface area contributed by atoms with Gasteiger partial charge in [0.2, 0.25) is 0 Å². The molecule has 2 unspecified atom stereocenters. The highest BCUT2D eigenvalue weighted by Crippen LogP contribution is 2.69. The van der Waals surface area contributed by atoms with Crippen molar-refractivity contribution in [2.45, 2.75) is 76.3 Å². The molecule has 5 nitrogen and oxygen atoms in total. The summed E-state index contributed by atoms with van der Waals surface area (Å²) in [4.78, 5) is 12.7. The van der Waals surface area contributed by atoms with Crippen LogP contribution in [-0.4, -0.2) is 44.3 Å². The first-order valence-corrected chi connectivity index (χ1v) is 11.6. The Morgan fingerprint density at radius 1 is 0.786 bits per heavy atom. The lowest BCUT2D eigenvalue weighted by Gasteiger charge is -2.61. The van der Waals surface area contributed by atoms with Crippen LogP contribution in [0.15, 0.2) is 0 Å². The van der Waals surface area contributed by atoms with E-state index in [9.17, 15) is 4.79 Å². The molecule has 0 bridgehead atoms. The second-order valence-electron chi connectivity index (χ2n) is 10.6. The molecule has 6 atom stereocenters. The predicted octanol–water partition coefficient (Wildman–Crippen LogP) is 3.69. The fraction of sp³-hybridized carbons (Fsp3) is 0.957. The van der Waals surface area contributed by atoms with Crippen molar-refractivity contribution in [3.05, 3.63) is 0 Å². The quantitative estimate of drug-likeness (QED) is 0.639. The molecule has 0 amide bonds. The predicted molar refractivity (Wildman–Crippen MR) is 101 cm³/mol. The summed E-state index contributed by atoms with van der Waals surface area (Å²) in [5.74, 6) is 1.43. The molecule has 0 N–H and O–H groups in total. The van der Waals surface area contributed by atoms with Crippen LogP contribution in [0.4, 0.5) is 0 Å². The van der Waals surface area contributed by atoms with Gasteiger partial charge in [0.15, 0.2) is 11.6 Å². The highest BCUT2D eigenvalue weighted by molar-refractivity contribution is 5.62. The molecule has 4 saturated carbocycles. The molecule has 5 heteroatoms. The van der Waals surface area contributed by atoms with Gasteiger partial charge in [0.25, 0.3) is 0 Å². The van der Waals surface area contributed by atoms with Crippen molar-refractivity contribution in [2.75, 3.05) is 26.4 Å². The SMILES string of the molecule is C[C@]12CC[C@H]3[C@@H](CCC4CC5(CC[C@@]43C=O)OCCO5)C1CCC21OCCO1. The zero-order chi connectivity index (χ0) is 19.0. The summed E-state index contributed by atoms with van der Waals surface area (Å²) < 4.78 is 24.6. The van der Waals surface area contributed by atoms with Gasteiger partial charge in [-0.05, 0) is 62.2 Å². The van der Waals surface area contributed by atoms with Gasteiger partial charge in [-0.15, -0.1) is 0 Å². The Morgan fingerprint density at radius 2 is 1.50 bits per heavy atom. The van der Waals surface area contributed by atoms with Crippen LogP contribution < -0.4 is 0 Å². The molecular weight excluding hydrogens is 356 g/mol. The minimum atomic E-state index is -0.393. The van der Waals surface area contributed by atoms with Crippen molar-refractivity contribution in [3.8, 4) is 0 Å². The van der Waals surface area contributed by atoms with Crippen molar-refractivity contribution < 1.29 is 23.7 Å². The van der Waals surface area contributed by atoms with E-state index in [0.717, 1.165) is 58.2 Å². The van der Waals surface area contributed by atoms with Crippen molar-refractivity contribution in [2.24, 2.45) is 34.5 Å². The molecule has 0 radical (unpaired) electrons. The fourth-order valence-corrected chi connectivity index (χ4v) is 8.78. The third-order valence-electron chi connectivity index (χ3n) is 10.1. The lowest BCUT2D eigenvalue weighted by atomic mass is 9.44. The summed E-state index contributed by atoms with van der Waals surface area (Å²) in [6.45, 7) is 5.30. The van der Waals surface area contributed by atoms with Gasteiger partial charge in [-0.1, -0.05) is 6.92 Å². The average Bonchev–Trinajstić information content (AvgIpc) is 3.43. The largest absolute Gasteiger partial charge is 0.348 e. The summed E-state index contributed by atoms with van der Waals surface area (Å²) in [6, 6.07) is 0. The maximum Gasteiger partial charge on any atom is 0.174 e. The van der Waals surface area contributed by atoms with Crippen LogP contribution in [0.5, 0.6) is 0 Å². The second-order valence-corrected chi connectivity index (χ2v) is 10.6. The monoisotopic (exact) mass is 390 g/mol. The van der Waals surface area contributed by atoms with E-state index in [0.29, 0.717) is 36.9 Å². The Labute approximate surface area is 167 Å². The van der Waals surface area contributed by atoms with Gasteiger partial charge in [0.05, 0.1) is 26.4 Å². The molecule has 6 fully saturated rings. The summed E-state index contributed by atoms with van der Waals surface area (Å²) in [5.41, 5.74) is -0.0624. The first-order chi connectivity index (χ1) is 13.6. The molecule has 6 rings (SSSR count). The van der Waals surface area contributed by atoms with Gasteiger partial charge < -0.3 is 23.7 Å². The van der Waals surface area contributed by atoms with Crippen LogP contribution in [0, 0.1) is 34.5 Å². The Morgan fingerprint density at radius 3 is 2.25 bits per heavy atom. The molecule has 0 aromatic heterocycles. The minimum Gasteiger partial charge on any atom is -0.348 e. The van der Waals surface area contributed by atoms with Crippen molar-refractivity contribution >= 4 is 6.29 Å². The Balaban J connectivity index is 1.30. The smallest absolute Gasteiger partial charge is 0.174 e. The lowest BCUT2D eigenvalue weighted by Crippen LogP contribution is -2.59. The molecule has 2 aliphatic heterocycles. The third-order valence-corrected chi connectivity index (χ3v) is 10.1. The number of carbonyl (C=O) groups excluding carboxylic acids is 1. The highest BCUT2D eigenvalue weighted by atomic mass is 16.7. The van der Waals surface area contributed by atoms with E-state index < -0.39 is 5.79 Å². The number of aldehydes is 1. The molecule has 2 saturated heterocycles. The van der Waals surface area contributed by atoms with Gasteiger partial charge in [-0.25, -0.2) is 0 Å². The maximum atomic E-state index is 12.7. The summed E-state index contributed by atoms with van der Waals surface area (Å²) >= 11 is 0. The van der Waals surface area contributed by atoms with Gasteiger partial charge in [0.1, 0.15) is 6.29 Å². The van der Waals surface area contributed by atoms with E-state index in [1.165, 1.54) is 19.1 Å². The zero-order valence-electron chi connectivity index (χ0n) is 17.1. The summed E-state index contributed by atoms with van der Waals surface area (Å²) in [5, 5.41) is 0. The van der Waals surface area contributed by atoms with Crippen LogP contribution in [-0.2, 0) is 23.7 Å². The number of fused-ring (bicyclic) bond motifs is 6. The average molecular weight is 391 g/mol. The Bertz CT molecular complexity index is 651. The minimum absolute atomic E-state index is 0.106. The number of ether oxygens (including phenoxy) is 4. The molecule has 6 aliphatic rings. The van der Waals surface area contributed by atoms with E-state index in [-0.39, 0.29) is 16.6 Å². The molecule has 4 aliphatic carbocycles. The first kappa shape index (κ1) is 18.3. The second kappa shape index (κ2) is 6.03. The Hall–Kier alpha value is -0.490. The number of hydrogen-bond acceptors (Lipinski definition) is 5. The van der Waals surface area contributed by atoms with Crippen molar-refractivity contribution in [1.82, 2.24) is 0 Å². The van der Waals surface area contributed by atoms with Crippen LogP contribution in [0.1, 0.15) is 64.7 Å². The lowest BCUT2D eigenvalue weighted by molar-refractivity contribution is -0.255. The molecule has 156 valence electrons. The van der Waals surface area contributed by atoms with E-state index >= 15 is 0 Å². The normalized spacial score (nSPS) is 51.0. The summed E-state index contributed by atoms with van der Waals surface area (Å²) in [6.07, 6.45) is 10.9. The van der Waals surface area contributed by atoms with Crippen LogP contribution in [0.3, 0.4) is 0 Å². The van der Waals surface area contributed by atoms with Crippen LogP contribution in [0.2, 0.25) is 0 Å². The summed E-state index contributed by atoms with van der Waals surface area (Å²) in [7, 11) is 0. The van der Waals surface area contributed by atoms with E-state index in [4.69, 9.17) is 18.9 Å². The fourth-order valence-electron chi connectivity index (χ4n) is 8.78. The number of hydrogen-bond donors (Lipinski definition) is 0. The molecule has 2 heterocycles. The molecular formula is C23H34O5. The standard InChI is InChI=1S/C23H34O5/c1-20-6-4-19-17(18(20)5-7-23(20)27-12-13-28-23)3-2-16-14-22(25-10-11-26-22)9-8-21(16,19)15-24/h15-19H,2-14H2,1H3/t16?,17-,18?,19-,20-,21+/m0/s1. The van der Waals surface area contributed by atoms with Gasteiger partial charge in [0, 0.05) is 30.1 Å².